The molecular formula is C13H15NO4. The van der Waals surface area contributed by atoms with E-state index in [0.29, 0.717) is 0 Å². The van der Waals surface area contributed by atoms with E-state index >= 15 is 0 Å². The van der Waals surface area contributed by atoms with Gasteiger partial charge < -0.3 is 20.3 Å². The second-order valence-corrected chi connectivity index (χ2v) is 4.86. The molecule has 5 heteroatoms. The van der Waals surface area contributed by atoms with Crippen molar-refractivity contribution in [1.82, 2.24) is 5.32 Å². The predicted molar refractivity (Wildman–Crippen MR) is 63.5 cm³/mol. The molecule has 0 radical (unpaired) electrons. The quantitative estimate of drug-likeness (QED) is 0.687. The standard InChI is InChI=1S/C13H15NO4/c15-10-3-1-2-8(12(10)16)13(17)14-9-6-7-4-5-11(9)18-7/h1-3,7,9,11,15-16H,4-6H2,(H,14,17). The van der Waals surface area contributed by atoms with Crippen molar-refractivity contribution < 1.29 is 19.7 Å². The molecule has 5 nitrogen and oxygen atoms in total. The van der Waals surface area contributed by atoms with Crippen LogP contribution in [0.3, 0.4) is 0 Å². The van der Waals surface area contributed by atoms with Crippen LogP contribution < -0.4 is 5.32 Å². The first-order chi connectivity index (χ1) is 8.65. The van der Waals surface area contributed by atoms with Crippen LogP contribution in [0, 0.1) is 0 Å². The molecular weight excluding hydrogens is 234 g/mol. The maximum absolute atomic E-state index is 12.0. The number of phenolic OH excluding ortho intramolecular Hbond substituents is 2. The Morgan fingerprint density at radius 3 is 2.83 bits per heavy atom. The van der Waals surface area contributed by atoms with Crippen LogP contribution in [0.1, 0.15) is 29.6 Å². The topological polar surface area (TPSA) is 78.8 Å². The van der Waals surface area contributed by atoms with Crippen molar-refractivity contribution in [2.24, 2.45) is 0 Å². The molecule has 3 rings (SSSR count). The summed E-state index contributed by atoms with van der Waals surface area (Å²) in [4.78, 5) is 12.0. The maximum atomic E-state index is 12.0. The molecule has 0 saturated carbocycles. The van der Waals surface area contributed by atoms with Gasteiger partial charge in [0.25, 0.3) is 5.91 Å². The SMILES string of the molecule is O=C(NC1CC2CCC1O2)c1cccc(O)c1O. The van der Waals surface area contributed by atoms with Crippen LogP contribution in [-0.2, 0) is 4.74 Å². The van der Waals surface area contributed by atoms with E-state index in [2.05, 4.69) is 5.32 Å². The molecule has 1 aromatic carbocycles. The van der Waals surface area contributed by atoms with E-state index in [1.54, 1.807) is 0 Å². The average Bonchev–Trinajstić information content (AvgIpc) is 2.94. The first kappa shape index (κ1) is 11.3. The number of benzene rings is 1. The fourth-order valence-corrected chi connectivity index (χ4v) is 2.75. The second kappa shape index (κ2) is 4.17. The van der Waals surface area contributed by atoms with Gasteiger partial charge in [-0.25, -0.2) is 0 Å². The summed E-state index contributed by atoms with van der Waals surface area (Å²) in [5.74, 6) is -1.03. The van der Waals surface area contributed by atoms with E-state index in [1.165, 1.54) is 18.2 Å². The number of fused-ring (bicyclic) bond motifs is 2. The van der Waals surface area contributed by atoms with Crippen LogP contribution in [0.5, 0.6) is 11.5 Å². The van der Waals surface area contributed by atoms with E-state index in [0.717, 1.165) is 19.3 Å². The normalized spacial score (nSPS) is 29.4. The smallest absolute Gasteiger partial charge is 0.255 e. The van der Waals surface area contributed by atoms with Crippen molar-refractivity contribution in [3.8, 4) is 11.5 Å². The summed E-state index contributed by atoms with van der Waals surface area (Å²) in [5.41, 5.74) is 0.0952. The summed E-state index contributed by atoms with van der Waals surface area (Å²) in [7, 11) is 0. The van der Waals surface area contributed by atoms with Gasteiger partial charge in [0, 0.05) is 0 Å². The summed E-state index contributed by atoms with van der Waals surface area (Å²) in [6, 6.07) is 4.37. The number of hydrogen-bond donors (Lipinski definition) is 3. The highest BCUT2D eigenvalue weighted by Gasteiger charge is 2.41. The minimum Gasteiger partial charge on any atom is -0.504 e. The number of carbonyl (C=O) groups is 1. The number of ether oxygens (including phenoxy) is 1. The van der Waals surface area contributed by atoms with Gasteiger partial charge in [-0.2, -0.15) is 0 Å². The zero-order valence-electron chi connectivity index (χ0n) is 9.80. The lowest BCUT2D eigenvalue weighted by molar-refractivity contribution is 0.0838. The molecule has 3 atom stereocenters. The molecule has 0 spiro atoms. The van der Waals surface area contributed by atoms with Crippen molar-refractivity contribution in [3.05, 3.63) is 23.8 Å². The van der Waals surface area contributed by atoms with E-state index in [4.69, 9.17) is 4.74 Å². The minimum absolute atomic E-state index is 0.0120. The molecule has 2 saturated heterocycles. The highest BCUT2D eigenvalue weighted by molar-refractivity contribution is 5.97. The van der Waals surface area contributed by atoms with E-state index in [1.807, 2.05) is 0 Å². The number of amides is 1. The Morgan fingerprint density at radius 2 is 2.17 bits per heavy atom. The zero-order chi connectivity index (χ0) is 12.7. The molecule has 2 heterocycles. The average molecular weight is 249 g/mol. The second-order valence-electron chi connectivity index (χ2n) is 4.86. The minimum atomic E-state index is -0.376. The Hall–Kier alpha value is -1.75. The van der Waals surface area contributed by atoms with Gasteiger partial charge in [0.2, 0.25) is 0 Å². The number of hydrogen-bond acceptors (Lipinski definition) is 4. The van der Waals surface area contributed by atoms with Gasteiger partial charge in [-0.3, -0.25) is 4.79 Å². The van der Waals surface area contributed by atoms with Crippen LogP contribution in [0.2, 0.25) is 0 Å². The van der Waals surface area contributed by atoms with Gasteiger partial charge in [-0.05, 0) is 31.4 Å². The van der Waals surface area contributed by atoms with Gasteiger partial charge in [-0.1, -0.05) is 6.07 Å². The zero-order valence-corrected chi connectivity index (χ0v) is 9.80. The van der Waals surface area contributed by atoms with Gasteiger partial charge in [0.05, 0.1) is 23.8 Å². The highest BCUT2D eigenvalue weighted by Crippen LogP contribution is 2.35. The molecule has 3 unspecified atom stereocenters. The Kier molecular flexibility index (Phi) is 2.63. The Bertz CT molecular complexity index is 488. The third kappa shape index (κ3) is 1.80. The lowest BCUT2D eigenvalue weighted by atomic mass is 9.95. The number of phenols is 2. The summed E-state index contributed by atoms with van der Waals surface area (Å²) in [6.07, 6.45) is 3.22. The first-order valence-electron chi connectivity index (χ1n) is 6.12. The molecule has 3 N–H and O–H groups in total. The Balaban J connectivity index is 1.73. The summed E-state index contributed by atoms with van der Waals surface area (Å²) in [5, 5.41) is 21.9. The van der Waals surface area contributed by atoms with Crippen molar-refractivity contribution in [2.45, 2.75) is 37.5 Å². The molecule has 18 heavy (non-hydrogen) atoms. The lowest BCUT2D eigenvalue weighted by Gasteiger charge is -2.20. The molecule has 1 aromatic rings. The third-order valence-corrected chi connectivity index (χ3v) is 3.68. The van der Waals surface area contributed by atoms with Gasteiger partial charge in [-0.15, -0.1) is 0 Å². The number of nitrogens with one attached hydrogen (secondary N) is 1. The number of aromatic hydroxyl groups is 2. The lowest BCUT2D eigenvalue weighted by Crippen LogP contribution is -2.41. The summed E-state index contributed by atoms with van der Waals surface area (Å²) < 4.78 is 5.65. The maximum Gasteiger partial charge on any atom is 0.255 e. The fraction of sp³-hybridized carbons (Fsp3) is 0.462. The van der Waals surface area contributed by atoms with Gasteiger partial charge >= 0.3 is 0 Å². The predicted octanol–water partition coefficient (Wildman–Crippen LogP) is 1.15. The van der Waals surface area contributed by atoms with Crippen LogP contribution in [0.25, 0.3) is 0 Å². The molecule has 0 aromatic heterocycles. The largest absolute Gasteiger partial charge is 0.504 e. The van der Waals surface area contributed by atoms with E-state index in [-0.39, 0.29) is 41.2 Å². The fourth-order valence-electron chi connectivity index (χ4n) is 2.75. The van der Waals surface area contributed by atoms with Crippen molar-refractivity contribution >= 4 is 5.91 Å². The highest BCUT2D eigenvalue weighted by atomic mass is 16.5. The molecule has 2 aliphatic rings. The first-order valence-corrected chi connectivity index (χ1v) is 6.12. The Morgan fingerprint density at radius 1 is 1.33 bits per heavy atom. The molecule has 2 bridgehead atoms. The molecule has 0 aliphatic carbocycles. The number of para-hydroxylation sites is 1. The van der Waals surface area contributed by atoms with Gasteiger partial charge in [0.15, 0.2) is 11.5 Å². The van der Waals surface area contributed by atoms with Crippen LogP contribution in [0.4, 0.5) is 0 Å². The molecule has 1 amide bonds. The van der Waals surface area contributed by atoms with Crippen molar-refractivity contribution in [2.75, 3.05) is 0 Å². The summed E-state index contributed by atoms with van der Waals surface area (Å²) in [6.45, 7) is 0. The molecule has 2 fully saturated rings. The molecule has 96 valence electrons. The van der Waals surface area contributed by atoms with Crippen molar-refractivity contribution in [3.63, 3.8) is 0 Å². The molecule has 2 aliphatic heterocycles. The van der Waals surface area contributed by atoms with Crippen LogP contribution in [0.15, 0.2) is 18.2 Å². The Labute approximate surface area is 104 Å². The van der Waals surface area contributed by atoms with Crippen LogP contribution >= 0.6 is 0 Å². The van der Waals surface area contributed by atoms with Crippen LogP contribution in [-0.4, -0.2) is 34.4 Å². The van der Waals surface area contributed by atoms with E-state index < -0.39 is 0 Å². The number of rotatable bonds is 2. The third-order valence-electron chi connectivity index (χ3n) is 3.68. The van der Waals surface area contributed by atoms with Gasteiger partial charge in [0.1, 0.15) is 0 Å². The summed E-state index contributed by atoms with van der Waals surface area (Å²) >= 11 is 0. The van der Waals surface area contributed by atoms with E-state index in [9.17, 15) is 15.0 Å². The monoisotopic (exact) mass is 249 g/mol. The van der Waals surface area contributed by atoms with Crippen molar-refractivity contribution in [1.29, 1.82) is 0 Å². The number of carbonyl (C=O) groups excluding carboxylic acids is 1.